The van der Waals surface area contributed by atoms with E-state index in [1.165, 1.54) is 0 Å². The van der Waals surface area contributed by atoms with Gasteiger partial charge in [0, 0.05) is 18.9 Å². The maximum absolute atomic E-state index is 11.3. The summed E-state index contributed by atoms with van der Waals surface area (Å²) in [6, 6.07) is 0. The fraction of sp³-hybridized carbons (Fsp3) is 0.846. The van der Waals surface area contributed by atoms with Crippen molar-refractivity contribution in [2.75, 3.05) is 13.2 Å². The van der Waals surface area contributed by atoms with E-state index in [4.69, 9.17) is 4.74 Å². The second-order valence-electron chi connectivity index (χ2n) is 5.07. The van der Waals surface area contributed by atoms with E-state index in [1.54, 1.807) is 0 Å². The number of amides is 1. The molecule has 0 aliphatic heterocycles. The standard InChI is InChI=1S/C13H23NO3/c1-10(2)7-9-17-12(15)4-3-8-14-13(16)11-5-6-11/h10-11H,3-9H2,1-2H3,(H,14,16). The smallest absolute Gasteiger partial charge is 0.305 e. The van der Waals surface area contributed by atoms with Gasteiger partial charge in [0.2, 0.25) is 5.91 Å². The Hall–Kier alpha value is -1.06. The predicted octanol–water partition coefficient (Wildman–Crippen LogP) is 1.88. The van der Waals surface area contributed by atoms with Gasteiger partial charge in [0.15, 0.2) is 0 Å². The lowest BCUT2D eigenvalue weighted by Gasteiger charge is -2.07. The van der Waals surface area contributed by atoms with Crippen molar-refractivity contribution in [3.8, 4) is 0 Å². The monoisotopic (exact) mass is 241 g/mol. The minimum Gasteiger partial charge on any atom is -0.466 e. The van der Waals surface area contributed by atoms with Gasteiger partial charge >= 0.3 is 5.97 Å². The molecule has 1 amide bonds. The zero-order valence-electron chi connectivity index (χ0n) is 10.8. The molecule has 98 valence electrons. The molecule has 1 saturated carbocycles. The predicted molar refractivity (Wildman–Crippen MR) is 65.4 cm³/mol. The highest BCUT2D eigenvalue weighted by molar-refractivity contribution is 5.80. The zero-order valence-corrected chi connectivity index (χ0v) is 10.8. The first-order valence-corrected chi connectivity index (χ1v) is 6.53. The summed E-state index contributed by atoms with van der Waals surface area (Å²) in [5, 5.41) is 2.83. The summed E-state index contributed by atoms with van der Waals surface area (Å²) in [4.78, 5) is 22.6. The van der Waals surface area contributed by atoms with E-state index < -0.39 is 0 Å². The topological polar surface area (TPSA) is 55.4 Å². The molecule has 0 heterocycles. The summed E-state index contributed by atoms with van der Waals surface area (Å²) in [6.45, 7) is 5.28. The minimum absolute atomic E-state index is 0.137. The quantitative estimate of drug-likeness (QED) is 0.521. The van der Waals surface area contributed by atoms with Gasteiger partial charge in [-0.1, -0.05) is 13.8 Å². The van der Waals surface area contributed by atoms with Crippen LogP contribution in [0.3, 0.4) is 0 Å². The number of carbonyl (C=O) groups excluding carboxylic acids is 2. The normalized spacial score (nSPS) is 14.8. The molecule has 0 bridgehead atoms. The summed E-state index contributed by atoms with van der Waals surface area (Å²) >= 11 is 0. The summed E-state index contributed by atoms with van der Waals surface area (Å²) in [6.07, 6.45) is 4.00. The number of esters is 1. The van der Waals surface area contributed by atoms with E-state index in [9.17, 15) is 9.59 Å². The van der Waals surface area contributed by atoms with Crippen LogP contribution in [0.15, 0.2) is 0 Å². The van der Waals surface area contributed by atoms with Crippen LogP contribution in [0.1, 0.15) is 46.0 Å². The van der Waals surface area contributed by atoms with Crippen molar-refractivity contribution in [3.63, 3.8) is 0 Å². The van der Waals surface area contributed by atoms with Crippen LogP contribution in [0.25, 0.3) is 0 Å². The molecule has 0 aromatic heterocycles. The highest BCUT2D eigenvalue weighted by Crippen LogP contribution is 2.28. The third-order valence-corrected chi connectivity index (χ3v) is 2.76. The van der Waals surface area contributed by atoms with E-state index in [-0.39, 0.29) is 17.8 Å². The van der Waals surface area contributed by atoms with Gasteiger partial charge in [0.25, 0.3) is 0 Å². The lowest BCUT2D eigenvalue weighted by atomic mass is 10.1. The van der Waals surface area contributed by atoms with Crippen molar-refractivity contribution in [2.45, 2.75) is 46.0 Å². The molecule has 0 unspecified atom stereocenters. The average molecular weight is 241 g/mol. The molecule has 1 rings (SSSR count). The molecule has 1 N–H and O–H groups in total. The van der Waals surface area contributed by atoms with Crippen LogP contribution < -0.4 is 5.32 Å². The van der Waals surface area contributed by atoms with Gasteiger partial charge in [-0.15, -0.1) is 0 Å². The second-order valence-corrected chi connectivity index (χ2v) is 5.07. The fourth-order valence-corrected chi connectivity index (χ4v) is 1.41. The molecular weight excluding hydrogens is 218 g/mol. The summed E-state index contributed by atoms with van der Waals surface area (Å²) in [5.74, 6) is 0.776. The van der Waals surface area contributed by atoms with E-state index in [2.05, 4.69) is 19.2 Å². The molecule has 0 atom stereocenters. The molecule has 0 aromatic rings. The SMILES string of the molecule is CC(C)CCOC(=O)CCCNC(=O)C1CC1. The van der Waals surface area contributed by atoms with Crippen LogP contribution in [0, 0.1) is 11.8 Å². The van der Waals surface area contributed by atoms with E-state index in [0.717, 1.165) is 19.3 Å². The van der Waals surface area contributed by atoms with Gasteiger partial charge < -0.3 is 10.1 Å². The summed E-state index contributed by atoms with van der Waals surface area (Å²) < 4.78 is 5.07. The van der Waals surface area contributed by atoms with Gasteiger partial charge in [0.1, 0.15) is 0 Å². The first kappa shape index (κ1) is 14.0. The van der Waals surface area contributed by atoms with E-state index in [1.807, 2.05) is 0 Å². The van der Waals surface area contributed by atoms with Crippen molar-refractivity contribution < 1.29 is 14.3 Å². The number of carbonyl (C=O) groups is 2. The largest absolute Gasteiger partial charge is 0.466 e. The number of ether oxygens (including phenoxy) is 1. The van der Waals surface area contributed by atoms with E-state index >= 15 is 0 Å². The van der Waals surface area contributed by atoms with Crippen molar-refractivity contribution in [3.05, 3.63) is 0 Å². The Morgan fingerprint density at radius 2 is 2.06 bits per heavy atom. The highest BCUT2D eigenvalue weighted by atomic mass is 16.5. The van der Waals surface area contributed by atoms with Crippen molar-refractivity contribution in [1.29, 1.82) is 0 Å². The Balaban J connectivity index is 1.90. The van der Waals surface area contributed by atoms with Crippen LogP contribution >= 0.6 is 0 Å². The Kier molecular flexibility index (Phi) is 6.01. The number of rotatable bonds is 8. The molecule has 0 radical (unpaired) electrons. The zero-order chi connectivity index (χ0) is 12.7. The van der Waals surface area contributed by atoms with Crippen molar-refractivity contribution in [1.82, 2.24) is 5.32 Å². The fourth-order valence-electron chi connectivity index (χ4n) is 1.41. The number of hydrogen-bond acceptors (Lipinski definition) is 3. The van der Waals surface area contributed by atoms with Crippen LogP contribution in [0.2, 0.25) is 0 Å². The van der Waals surface area contributed by atoms with Crippen LogP contribution in [0.4, 0.5) is 0 Å². The van der Waals surface area contributed by atoms with Crippen LogP contribution in [0.5, 0.6) is 0 Å². The molecule has 1 aliphatic carbocycles. The molecule has 4 nitrogen and oxygen atoms in total. The lowest BCUT2D eigenvalue weighted by Crippen LogP contribution is -2.26. The summed E-state index contributed by atoms with van der Waals surface area (Å²) in [7, 11) is 0. The Labute approximate surface area is 103 Å². The first-order chi connectivity index (χ1) is 8.09. The van der Waals surface area contributed by atoms with Gasteiger partial charge in [-0.3, -0.25) is 9.59 Å². The number of hydrogen-bond donors (Lipinski definition) is 1. The Morgan fingerprint density at radius 3 is 2.65 bits per heavy atom. The molecular formula is C13H23NO3. The molecule has 0 saturated heterocycles. The Bertz CT molecular complexity index is 259. The molecule has 0 aromatic carbocycles. The van der Waals surface area contributed by atoms with Gasteiger partial charge in [-0.05, 0) is 31.6 Å². The summed E-state index contributed by atoms with van der Waals surface area (Å²) in [5.41, 5.74) is 0. The van der Waals surface area contributed by atoms with E-state index in [0.29, 0.717) is 31.9 Å². The van der Waals surface area contributed by atoms with Crippen molar-refractivity contribution >= 4 is 11.9 Å². The van der Waals surface area contributed by atoms with Crippen LogP contribution in [-0.2, 0) is 14.3 Å². The molecule has 1 fully saturated rings. The second kappa shape index (κ2) is 7.30. The highest BCUT2D eigenvalue weighted by Gasteiger charge is 2.28. The Morgan fingerprint density at radius 1 is 1.35 bits per heavy atom. The van der Waals surface area contributed by atoms with Crippen molar-refractivity contribution in [2.24, 2.45) is 11.8 Å². The maximum Gasteiger partial charge on any atom is 0.305 e. The van der Waals surface area contributed by atoms with Gasteiger partial charge in [-0.25, -0.2) is 0 Å². The molecule has 4 heteroatoms. The molecule has 17 heavy (non-hydrogen) atoms. The molecule has 1 aliphatic rings. The first-order valence-electron chi connectivity index (χ1n) is 6.53. The average Bonchev–Trinajstić information content (AvgIpc) is 3.07. The third kappa shape index (κ3) is 6.97. The molecule has 0 spiro atoms. The van der Waals surface area contributed by atoms with Gasteiger partial charge in [0.05, 0.1) is 6.61 Å². The minimum atomic E-state index is -0.161. The van der Waals surface area contributed by atoms with Gasteiger partial charge in [-0.2, -0.15) is 0 Å². The lowest BCUT2D eigenvalue weighted by molar-refractivity contribution is -0.144. The number of nitrogens with one attached hydrogen (secondary N) is 1. The van der Waals surface area contributed by atoms with Crippen LogP contribution in [-0.4, -0.2) is 25.0 Å². The maximum atomic E-state index is 11.3. The third-order valence-electron chi connectivity index (χ3n) is 2.76.